The highest BCUT2D eigenvalue weighted by Gasteiger charge is 2.29. The van der Waals surface area contributed by atoms with Crippen LogP contribution in [0.5, 0.6) is 0 Å². The monoisotopic (exact) mass is 386 g/mol. The Labute approximate surface area is 171 Å². The maximum absolute atomic E-state index is 11.9. The van der Waals surface area contributed by atoms with Gasteiger partial charge in [0.2, 0.25) is 0 Å². The molecule has 0 saturated heterocycles. The Morgan fingerprint density at radius 1 is 1.18 bits per heavy atom. The third-order valence-electron chi connectivity index (χ3n) is 5.27. The Morgan fingerprint density at radius 3 is 2.43 bits per heavy atom. The van der Waals surface area contributed by atoms with Crippen molar-refractivity contribution < 1.29 is 15.0 Å². The summed E-state index contributed by atoms with van der Waals surface area (Å²) in [5, 5.41) is 20.5. The first-order chi connectivity index (χ1) is 13.1. The van der Waals surface area contributed by atoms with Crippen molar-refractivity contribution in [2.75, 3.05) is 0 Å². The molecule has 1 aliphatic carbocycles. The van der Waals surface area contributed by atoms with Gasteiger partial charge >= 0.3 is 0 Å². The summed E-state index contributed by atoms with van der Waals surface area (Å²) in [4.78, 5) is 11.9. The lowest BCUT2D eigenvalue weighted by Gasteiger charge is -2.27. The number of aliphatic hydroxyl groups is 2. The van der Waals surface area contributed by atoms with Crippen LogP contribution < -0.4 is 0 Å². The second-order valence-electron chi connectivity index (χ2n) is 8.43. The molecule has 156 valence electrons. The van der Waals surface area contributed by atoms with E-state index < -0.39 is 12.2 Å². The normalized spacial score (nSPS) is 22.0. The van der Waals surface area contributed by atoms with Crippen molar-refractivity contribution in [2.45, 2.75) is 85.4 Å². The fourth-order valence-corrected chi connectivity index (χ4v) is 3.46. The minimum atomic E-state index is -0.693. The lowest BCUT2D eigenvalue weighted by atomic mass is 9.80. The average molecular weight is 387 g/mol. The Bertz CT molecular complexity index is 672. The molecule has 0 aromatic rings. The van der Waals surface area contributed by atoms with Gasteiger partial charge in [-0.3, -0.25) is 4.79 Å². The van der Waals surface area contributed by atoms with E-state index in [0.29, 0.717) is 12.0 Å². The quantitative estimate of drug-likeness (QED) is 0.480. The minimum absolute atomic E-state index is 0.0457. The summed E-state index contributed by atoms with van der Waals surface area (Å²) in [7, 11) is 0. The van der Waals surface area contributed by atoms with E-state index >= 15 is 0 Å². The zero-order valence-electron chi connectivity index (χ0n) is 18.3. The molecule has 0 spiro atoms. The van der Waals surface area contributed by atoms with E-state index in [1.54, 1.807) is 13.0 Å². The molecule has 0 unspecified atom stereocenters. The van der Waals surface area contributed by atoms with Crippen molar-refractivity contribution in [2.24, 2.45) is 5.92 Å². The average Bonchev–Trinajstić information content (AvgIpc) is 2.57. The number of ketones is 1. The van der Waals surface area contributed by atoms with Crippen molar-refractivity contribution in [3.05, 3.63) is 58.7 Å². The van der Waals surface area contributed by atoms with Gasteiger partial charge in [0.1, 0.15) is 0 Å². The summed E-state index contributed by atoms with van der Waals surface area (Å²) in [6, 6.07) is 0. The zero-order chi connectivity index (χ0) is 21.3. The van der Waals surface area contributed by atoms with Crippen molar-refractivity contribution in [1.82, 2.24) is 0 Å². The molecule has 3 heteroatoms. The van der Waals surface area contributed by atoms with Crippen LogP contribution in [0.15, 0.2) is 58.7 Å². The number of rotatable bonds is 10. The van der Waals surface area contributed by atoms with Gasteiger partial charge in [0, 0.05) is 12.3 Å². The van der Waals surface area contributed by atoms with Crippen LogP contribution >= 0.6 is 0 Å². The highest BCUT2D eigenvalue weighted by molar-refractivity contribution is 5.96. The van der Waals surface area contributed by atoms with Gasteiger partial charge in [-0.15, -0.1) is 0 Å². The van der Waals surface area contributed by atoms with Crippen molar-refractivity contribution in [3.8, 4) is 0 Å². The largest absolute Gasteiger partial charge is 0.389 e. The summed E-state index contributed by atoms with van der Waals surface area (Å²) in [5.74, 6) is -0.254. The van der Waals surface area contributed by atoms with Gasteiger partial charge in [-0.2, -0.15) is 0 Å². The number of hydrogen-bond acceptors (Lipinski definition) is 3. The van der Waals surface area contributed by atoms with Crippen LogP contribution in [0.1, 0.15) is 73.1 Å². The van der Waals surface area contributed by atoms with Gasteiger partial charge in [0.05, 0.1) is 12.2 Å². The molecule has 0 saturated carbocycles. The minimum Gasteiger partial charge on any atom is -0.389 e. The van der Waals surface area contributed by atoms with Crippen LogP contribution in [0.3, 0.4) is 0 Å². The number of hydrogen-bond donors (Lipinski definition) is 2. The SMILES string of the molecule is C=C(C[C@@H](O)/C=C(\C)CC/C=C(\C)CCC=C(C)C)[C@H]1CC(=O)C(C)=C[C@H]1O. The van der Waals surface area contributed by atoms with E-state index in [2.05, 4.69) is 39.5 Å². The van der Waals surface area contributed by atoms with Crippen LogP contribution in [-0.2, 0) is 4.79 Å². The summed E-state index contributed by atoms with van der Waals surface area (Å²) in [6.45, 7) is 14.2. The first-order valence-corrected chi connectivity index (χ1v) is 10.3. The maximum Gasteiger partial charge on any atom is 0.159 e. The zero-order valence-corrected chi connectivity index (χ0v) is 18.3. The fraction of sp³-hybridized carbons (Fsp3) is 0.560. The van der Waals surface area contributed by atoms with Crippen LogP contribution in [0.25, 0.3) is 0 Å². The molecular formula is C25H38O3. The second-order valence-corrected chi connectivity index (χ2v) is 8.43. The van der Waals surface area contributed by atoms with E-state index in [4.69, 9.17) is 0 Å². The van der Waals surface area contributed by atoms with Crippen LogP contribution in [0.2, 0.25) is 0 Å². The molecule has 0 radical (unpaired) electrons. The molecule has 2 N–H and O–H groups in total. The number of allylic oxidation sites excluding steroid dienone is 6. The molecule has 1 rings (SSSR count). The van der Waals surface area contributed by atoms with Gasteiger partial charge < -0.3 is 10.2 Å². The molecule has 0 amide bonds. The highest BCUT2D eigenvalue weighted by atomic mass is 16.3. The lowest BCUT2D eigenvalue weighted by Crippen LogP contribution is -2.29. The summed E-state index contributed by atoms with van der Waals surface area (Å²) >= 11 is 0. The number of carbonyl (C=O) groups excluding carboxylic acids is 1. The molecular weight excluding hydrogens is 348 g/mol. The molecule has 0 heterocycles. The molecule has 1 aliphatic rings. The summed E-state index contributed by atoms with van der Waals surface area (Å²) < 4.78 is 0. The van der Waals surface area contributed by atoms with E-state index in [9.17, 15) is 15.0 Å². The molecule has 0 bridgehead atoms. The fourth-order valence-electron chi connectivity index (χ4n) is 3.46. The highest BCUT2D eigenvalue weighted by Crippen LogP contribution is 2.29. The Morgan fingerprint density at radius 2 is 1.79 bits per heavy atom. The smallest absolute Gasteiger partial charge is 0.159 e. The number of Topliss-reactive ketones (excluding diaryl/α,β-unsaturated/α-hetero) is 1. The predicted molar refractivity (Wildman–Crippen MR) is 118 cm³/mol. The maximum atomic E-state index is 11.9. The Balaban J connectivity index is 2.47. The second kappa shape index (κ2) is 12.0. The first kappa shape index (κ1) is 24.3. The molecule has 0 aromatic carbocycles. The van der Waals surface area contributed by atoms with Gasteiger partial charge in [0.25, 0.3) is 0 Å². The molecule has 3 atom stereocenters. The standard InChI is InChI=1S/C25H38O3/c1-17(2)9-7-10-18(3)11-8-12-19(4)13-22(26)14-20(5)23-16-24(27)21(6)15-25(23)28/h9,11,13,15,22-23,25-26,28H,5,7-8,10,12,14,16H2,1-4,6H3/b18-11+,19-13+/t22-,23+,25+/m0/s1. The molecule has 28 heavy (non-hydrogen) atoms. The van der Waals surface area contributed by atoms with Gasteiger partial charge in [-0.1, -0.05) is 47.1 Å². The third-order valence-corrected chi connectivity index (χ3v) is 5.27. The number of aliphatic hydroxyl groups excluding tert-OH is 2. The van der Waals surface area contributed by atoms with Crippen molar-refractivity contribution >= 4 is 5.78 Å². The Hall–Kier alpha value is -1.71. The third kappa shape index (κ3) is 8.99. The van der Waals surface area contributed by atoms with Crippen LogP contribution in [0, 0.1) is 5.92 Å². The van der Waals surface area contributed by atoms with Gasteiger partial charge in [-0.05, 0) is 78.4 Å². The van der Waals surface area contributed by atoms with E-state index in [1.807, 2.05) is 13.0 Å². The van der Waals surface area contributed by atoms with Crippen molar-refractivity contribution in [3.63, 3.8) is 0 Å². The van der Waals surface area contributed by atoms with E-state index in [1.165, 1.54) is 11.1 Å². The summed E-state index contributed by atoms with van der Waals surface area (Å²) in [6.07, 6.45) is 11.4. The van der Waals surface area contributed by atoms with Crippen LogP contribution in [-0.4, -0.2) is 28.2 Å². The Kier molecular flexibility index (Phi) is 10.4. The van der Waals surface area contributed by atoms with Gasteiger partial charge in [0.15, 0.2) is 5.78 Å². The molecule has 3 nitrogen and oxygen atoms in total. The van der Waals surface area contributed by atoms with E-state index in [-0.39, 0.29) is 18.1 Å². The first-order valence-electron chi connectivity index (χ1n) is 10.3. The summed E-state index contributed by atoms with van der Waals surface area (Å²) in [5.41, 5.74) is 5.25. The van der Waals surface area contributed by atoms with E-state index in [0.717, 1.165) is 36.8 Å². The van der Waals surface area contributed by atoms with Gasteiger partial charge in [-0.25, -0.2) is 0 Å². The number of carbonyl (C=O) groups is 1. The topological polar surface area (TPSA) is 57.5 Å². The van der Waals surface area contributed by atoms with Crippen molar-refractivity contribution in [1.29, 1.82) is 0 Å². The predicted octanol–water partition coefficient (Wildman–Crippen LogP) is 5.61. The van der Waals surface area contributed by atoms with Crippen LogP contribution in [0.4, 0.5) is 0 Å². The lowest BCUT2D eigenvalue weighted by molar-refractivity contribution is -0.117. The molecule has 0 fully saturated rings. The molecule has 0 aliphatic heterocycles. The molecule has 0 aromatic heterocycles.